The van der Waals surface area contributed by atoms with Gasteiger partial charge in [-0.15, -0.1) is 18.3 Å². The lowest BCUT2D eigenvalue weighted by molar-refractivity contribution is -0.164. The van der Waals surface area contributed by atoms with Gasteiger partial charge < -0.3 is 23.8 Å². The second-order valence-electron chi connectivity index (χ2n) is 13.4. The topological polar surface area (TPSA) is 105 Å². The predicted octanol–water partition coefficient (Wildman–Crippen LogP) is 6.36. The van der Waals surface area contributed by atoms with E-state index in [1.54, 1.807) is 15.3 Å². The highest BCUT2D eigenvalue weighted by atomic mass is 16.6. The Labute approximate surface area is 283 Å². The fraction of sp³-hybridized carbons (Fsp3) is 0.459. The Kier molecular flexibility index (Phi) is 10.7. The summed E-state index contributed by atoms with van der Waals surface area (Å²) in [6.07, 6.45) is 9.41. The molecular formula is C37H48N6O5. The van der Waals surface area contributed by atoms with Crippen molar-refractivity contribution < 1.29 is 23.7 Å². The van der Waals surface area contributed by atoms with Crippen molar-refractivity contribution >= 4 is 17.4 Å². The van der Waals surface area contributed by atoms with Crippen molar-refractivity contribution in [3.63, 3.8) is 0 Å². The first kappa shape index (κ1) is 34.8. The Morgan fingerprint density at radius 2 is 1.90 bits per heavy atom. The number of ether oxygens (including phenoxy) is 4. The molecule has 1 saturated heterocycles. The average molecular weight is 657 g/mol. The number of esters is 1. The van der Waals surface area contributed by atoms with Crippen LogP contribution in [-0.2, 0) is 25.4 Å². The molecule has 11 nitrogen and oxygen atoms in total. The zero-order valence-corrected chi connectivity index (χ0v) is 29.1. The molecule has 256 valence electrons. The molecule has 4 aromatic rings. The number of anilines is 1. The molecule has 1 atom stereocenters. The van der Waals surface area contributed by atoms with Gasteiger partial charge in [-0.05, 0) is 71.1 Å². The summed E-state index contributed by atoms with van der Waals surface area (Å²) in [5.74, 6) is 1.70. The molecule has 0 radical (unpaired) electrons. The van der Waals surface area contributed by atoms with Gasteiger partial charge in [0.15, 0.2) is 17.6 Å². The van der Waals surface area contributed by atoms with Crippen molar-refractivity contribution in [1.82, 2.24) is 24.4 Å². The minimum absolute atomic E-state index is 0.286. The number of rotatable bonds is 14. The number of nitrogens with zero attached hydrogens (tertiary/aromatic N) is 6. The first-order chi connectivity index (χ1) is 22.9. The third-order valence-corrected chi connectivity index (χ3v) is 8.43. The Balaban J connectivity index is 1.54. The molecule has 0 amide bonds. The number of hydrogen-bond acceptors (Lipinski definition) is 9. The van der Waals surface area contributed by atoms with Gasteiger partial charge in [0.25, 0.3) is 0 Å². The monoisotopic (exact) mass is 656 g/mol. The summed E-state index contributed by atoms with van der Waals surface area (Å²) in [6, 6.07) is 9.94. The summed E-state index contributed by atoms with van der Waals surface area (Å²) >= 11 is 0. The van der Waals surface area contributed by atoms with Crippen LogP contribution in [-0.4, -0.2) is 75.0 Å². The van der Waals surface area contributed by atoms with Crippen LogP contribution in [0.4, 0.5) is 5.82 Å². The summed E-state index contributed by atoms with van der Waals surface area (Å²) in [5, 5.41) is 9.69. The predicted molar refractivity (Wildman–Crippen MR) is 186 cm³/mol. The average Bonchev–Trinajstić information content (AvgIpc) is 3.70. The first-order valence-corrected chi connectivity index (χ1v) is 16.5. The molecule has 1 aliphatic rings. The number of benzene rings is 1. The second kappa shape index (κ2) is 14.7. The van der Waals surface area contributed by atoms with Crippen LogP contribution in [0.25, 0.3) is 11.5 Å². The molecule has 1 aromatic carbocycles. The Morgan fingerprint density at radius 3 is 2.58 bits per heavy atom. The van der Waals surface area contributed by atoms with Crippen molar-refractivity contribution in [1.29, 1.82) is 0 Å². The van der Waals surface area contributed by atoms with Crippen LogP contribution in [0.2, 0.25) is 0 Å². The van der Waals surface area contributed by atoms with E-state index in [0.29, 0.717) is 55.4 Å². The minimum atomic E-state index is -1.01. The molecule has 1 fully saturated rings. The van der Waals surface area contributed by atoms with Crippen LogP contribution in [0.1, 0.15) is 75.4 Å². The van der Waals surface area contributed by atoms with E-state index in [1.807, 2.05) is 70.4 Å². The van der Waals surface area contributed by atoms with Gasteiger partial charge in [-0.2, -0.15) is 9.61 Å². The van der Waals surface area contributed by atoms with Gasteiger partial charge in [0.1, 0.15) is 11.6 Å². The maximum Gasteiger partial charge on any atom is 0.339 e. The minimum Gasteiger partial charge on any atom is -0.493 e. The maximum atomic E-state index is 13.3. The van der Waals surface area contributed by atoms with Gasteiger partial charge in [-0.25, -0.2) is 14.5 Å². The largest absolute Gasteiger partial charge is 0.493 e. The number of hydrogen-bond donors (Lipinski definition) is 0. The fourth-order valence-electron chi connectivity index (χ4n) is 5.95. The normalized spacial score (nSPS) is 15.3. The third-order valence-electron chi connectivity index (χ3n) is 8.43. The number of fused-ring (bicyclic) bond motifs is 1. The quantitative estimate of drug-likeness (QED) is 0.0871. The zero-order valence-electron chi connectivity index (χ0n) is 29.1. The molecule has 0 bridgehead atoms. The van der Waals surface area contributed by atoms with E-state index in [9.17, 15) is 4.79 Å². The van der Waals surface area contributed by atoms with Crippen LogP contribution in [0, 0.1) is 6.92 Å². The summed E-state index contributed by atoms with van der Waals surface area (Å²) in [5.41, 5.74) is 3.09. The van der Waals surface area contributed by atoms with Crippen LogP contribution in [0.5, 0.6) is 5.75 Å². The molecule has 1 aliphatic heterocycles. The molecule has 3 aromatic heterocycles. The fourth-order valence-corrected chi connectivity index (χ4v) is 5.95. The highest BCUT2D eigenvalue weighted by Crippen LogP contribution is 2.38. The molecule has 5 rings (SSSR count). The van der Waals surface area contributed by atoms with Crippen LogP contribution in [0.3, 0.4) is 0 Å². The van der Waals surface area contributed by atoms with Gasteiger partial charge in [0.2, 0.25) is 0 Å². The van der Waals surface area contributed by atoms with E-state index in [2.05, 4.69) is 36.1 Å². The Bertz CT molecular complexity index is 1740. The van der Waals surface area contributed by atoms with Gasteiger partial charge in [-0.3, -0.25) is 0 Å². The van der Waals surface area contributed by atoms with Crippen LogP contribution < -0.4 is 9.64 Å². The Morgan fingerprint density at radius 1 is 1.15 bits per heavy atom. The number of aromatic nitrogens is 5. The van der Waals surface area contributed by atoms with E-state index in [4.69, 9.17) is 29.0 Å². The Hall–Kier alpha value is -4.48. The molecule has 0 N–H and O–H groups in total. The van der Waals surface area contributed by atoms with E-state index in [1.165, 1.54) is 7.11 Å². The van der Waals surface area contributed by atoms with Gasteiger partial charge >= 0.3 is 5.97 Å². The van der Waals surface area contributed by atoms with Crippen molar-refractivity contribution in [2.45, 2.75) is 77.6 Å². The molecule has 4 heterocycles. The van der Waals surface area contributed by atoms with Gasteiger partial charge in [-0.1, -0.05) is 30.4 Å². The number of carbonyl (C=O) groups excluding carboxylic acids is 1. The standard InChI is InChI=1S/C37H48N6O5/c1-9-11-21-46-29-15-13-12-14-28(29)22-27-24-38-42(25-27)31-23-30-39-26(3)32(33(35(44)45-8)48-36(4,5)6)34(43(30)40-31)41-18-16-37(7,17-19-41)47-20-10-2/h9-10,12-15,23-25,33H,1-2,11,16-22H2,3-8H3/t33-/m0/s1. The second-order valence-corrected chi connectivity index (χ2v) is 13.4. The number of piperidine rings is 1. The number of aryl methyl sites for hydroxylation is 1. The summed E-state index contributed by atoms with van der Waals surface area (Å²) in [6.45, 7) is 19.8. The number of methoxy groups -OCH3 is 1. The van der Waals surface area contributed by atoms with E-state index >= 15 is 0 Å². The van der Waals surface area contributed by atoms with E-state index in [-0.39, 0.29) is 5.60 Å². The first-order valence-electron chi connectivity index (χ1n) is 16.5. The summed E-state index contributed by atoms with van der Waals surface area (Å²) in [4.78, 5) is 20.5. The lowest BCUT2D eigenvalue weighted by Crippen LogP contribution is -2.45. The number of carbonyl (C=O) groups is 1. The molecule has 0 aliphatic carbocycles. The molecule has 48 heavy (non-hydrogen) atoms. The SMILES string of the molecule is C=CCCOc1ccccc1Cc1cnn(-c2cc3nc(C)c([C@H](OC(C)(C)C)C(=O)OC)c(N4CCC(C)(OCC=C)CC4)n3n2)c1. The third kappa shape index (κ3) is 7.96. The summed E-state index contributed by atoms with van der Waals surface area (Å²) in [7, 11) is 1.37. The molecular weight excluding hydrogens is 608 g/mol. The zero-order chi connectivity index (χ0) is 34.5. The van der Waals surface area contributed by atoms with Crippen molar-refractivity contribution in [2.75, 3.05) is 38.3 Å². The smallest absolute Gasteiger partial charge is 0.339 e. The maximum absolute atomic E-state index is 13.3. The lowest BCUT2D eigenvalue weighted by atomic mass is 9.92. The molecule has 0 unspecified atom stereocenters. The highest BCUT2D eigenvalue weighted by Gasteiger charge is 2.38. The van der Waals surface area contributed by atoms with Gasteiger partial charge in [0.05, 0.1) is 43.3 Å². The molecule has 11 heteroatoms. The van der Waals surface area contributed by atoms with Crippen molar-refractivity contribution in [3.8, 4) is 11.6 Å². The van der Waals surface area contributed by atoms with E-state index in [0.717, 1.165) is 42.0 Å². The highest BCUT2D eigenvalue weighted by molar-refractivity contribution is 5.80. The summed E-state index contributed by atoms with van der Waals surface area (Å²) < 4.78 is 27.3. The molecule has 0 saturated carbocycles. The van der Waals surface area contributed by atoms with Crippen molar-refractivity contribution in [2.24, 2.45) is 0 Å². The van der Waals surface area contributed by atoms with E-state index < -0.39 is 17.7 Å². The number of para-hydroxylation sites is 1. The van der Waals surface area contributed by atoms with Crippen LogP contribution >= 0.6 is 0 Å². The van der Waals surface area contributed by atoms with Gasteiger partial charge in [0, 0.05) is 37.5 Å². The lowest BCUT2D eigenvalue weighted by Gasteiger charge is -2.41. The van der Waals surface area contributed by atoms with Crippen molar-refractivity contribution in [3.05, 3.63) is 90.4 Å². The molecule has 0 spiro atoms. The van der Waals surface area contributed by atoms with Crippen LogP contribution in [0.15, 0.2) is 68.0 Å².